The van der Waals surface area contributed by atoms with E-state index in [1.54, 1.807) is 48.5 Å². The van der Waals surface area contributed by atoms with Crippen LogP contribution in [0.1, 0.15) is 44.1 Å². The number of carbonyl (C=O) groups excluding carboxylic acids is 3. The van der Waals surface area contributed by atoms with Crippen molar-refractivity contribution in [2.45, 2.75) is 44.9 Å². The molecule has 0 heterocycles. The van der Waals surface area contributed by atoms with Crippen molar-refractivity contribution in [1.29, 1.82) is 0 Å². The van der Waals surface area contributed by atoms with Gasteiger partial charge < -0.3 is 30.3 Å². The van der Waals surface area contributed by atoms with E-state index in [1.807, 2.05) is 0 Å². The monoisotopic (exact) mass is 636 g/mol. The molecule has 244 valence electrons. The summed E-state index contributed by atoms with van der Waals surface area (Å²) in [5.74, 6) is -3.24. The van der Waals surface area contributed by atoms with E-state index in [1.165, 1.54) is 24.4 Å². The number of rotatable bonds is 13. The number of carboxylic acid groups (broad SMARTS) is 1. The Morgan fingerprint density at radius 3 is 2.33 bits per heavy atom. The van der Waals surface area contributed by atoms with E-state index < -0.39 is 47.7 Å². The minimum atomic E-state index is -1.000. The average Bonchev–Trinajstić information content (AvgIpc) is 3.03. The second-order valence-corrected chi connectivity index (χ2v) is 11.2. The Hall–Kier alpha value is -5.00. The van der Waals surface area contributed by atoms with Gasteiger partial charge in [0.05, 0.1) is 18.7 Å². The Balaban J connectivity index is 1.45. The summed E-state index contributed by atoms with van der Waals surface area (Å²) in [5.41, 5.74) is 0.781. The van der Waals surface area contributed by atoms with Gasteiger partial charge in [-0.3, -0.25) is 14.4 Å². The molecule has 0 aliphatic heterocycles. The number of amides is 4. The molecule has 3 aromatic carbocycles. The van der Waals surface area contributed by atoms with Gasteiger partial charge in [0.2, 0.25) is 5.91 Å². The molecule has 1 fully saturated rings. The van der Waals surface area contributed by atoms with E-state index in [4.69, 9.17) is 9.84 Å². The zero-order valence-electron chi connectivity index (χ0n) is 25.6. The number of para-hydroxylation sites is 3. The summed E-state index contributed by atoms with van der Waals surface area (Å²) in [6.45, 7) is -0.555. The van der Waals surface area contributed by atoms with Gasteiger partial charge in [0.25, 0.3) is 5.91 Å². The second-order valence-electron chi connectivity index (χ2n) is 11.2. The normalized spacial score (nSPS) is 13.0. The summed E-state index contributed by atoms with van der Waals surface area (Å²) < 4.78 is 34.3. The zero-order chi connectivity index (χ0) is 33.1. The predicted molar refractivity (Wildman–Crippen MR) is 170 cm³/mol. The van der Waals surface area contributed by atoms with Crippen LogP contribution in [0, 0.1) is 17.6 Å². The quantitative estimate of drug-likeness (QED) is 0.219. The summed E-state index contributed by atoms with van der Waals surface area (Å²) in [5, 5.41) is 14.2. The minimum Gasteiger partial charge on any atom is -0.482 e. The van der Waals surface area contributed by atoms with Gasteiger partial charge in [-0.05, 0) is 54.3 Å². The van der Waals surface area contributed by atoms with Crippen molar-refractivity contribution >= 4 is 40.9 Å². The fraction of sp³-hybridized carbons (Fsp3) is 0.353. The lowest BCUT2D eigenvalue weighted by Crippen LogP contribution is -2.42. The average molecular weight is 637 g/mol. The fourth-order valence-electron chi connectivity index (χ4n) is 5.50. The Bertz CT molecular complexity index is 1530. The third kappa shape index (κ3) is 9.50. The summed E-state index contributed by atoms with van der Waals surface area (Å²) in [6, 6.07) is 15.7. The molecular weight excluding hydrogens is 598 g/mol. The Morgan fingerprint density at radius 2 is 1.61 bits per heavy atom. The van der Waals surface area contributed by atoms with Gasteiger partial charge >= 0.3 is 12.0 Å². The fourth-order valence-corrected chi connectivity index (χ4v) is 5.50. The van der Waals surface area contributed by atoms with E-state index in [0.29, 0.717) is 29.4 Å². The van der Waals surface area contributed by atoms with Crippen molar-refractivity contribution in [3.8, 4) is 5.75 Å². The number of carboxylic acids is 1. The number of nitrogens with zero attached hydrogens (tertiary/aromatic N) is 2. The lowest BCUT2D eigenvalue weighted by Gasteiger charge is -2.29. The molecule has 12 heteroatoms. The van der Waals surface area contributed by atoms with Crippen LogP contribution in [0.2, 0.25) is 0 Å². The zero-order valence-corrected chi connectivity index (χ0v) is 25.6. The van der Waals surface area contributed by atoms with Crippen LogP contribution in [0.3, 0.4) is 0 Å². The van der Waals surface area contributed by atoms with Crippen molar-refractivity contribution in [2.75, 3.05) is 41.9 Å². The first-order valence-corrected chi connectivity index (χ1v) is 15.2. The molecular formula is C34H38F2N4O6. The van der Waals surface area contributed by atoms with E-state index in [2.05, 4.69) is 10.6 Å². The number of halogens is 2. The number of carbonyl (C=O) groups is 4. The summed E-state index contributed by atoms with van der Waals surface area (Å²) in [6.07, 6.45) is 6.11. The van der Waals surface area contributed by atoms with Crippen LogP contribution in [0.15, 0.2) is 66.7 Å². The molecule has 3 N–H and O–H groups in total. The van der Waals surface area contributed by atoms with E-state index in [-0.39, 0.29) is 18.7 Å². The number of hydrogen-bond donors (Lipinski definition) is 3. The highest BCUT2D eigenvalue weighted by atomic mass is 19.1. The summed E-state index contributed by atoms with van der Waals surface area (Å²) in [7, 11) is 1.25. The molecule has 4 rings (SSSR count). The summed E-state index contributed by atoms with van der Waals surface area (Å²) in [4.78, 5) is 52.5. The van der Waals surface area contributed by atoms with Crippen LogP contribution >= 0.6 is 0 Å². The van der Waals surface area contributed by atoms with Crippen LogP contribution in [0.4, 0.5) is 30.6 Å². The first kappa shape index (κ1) is 33.9. The van der Waals surface area contributed by atoms with Crippen LogP contribution in [-0.2, 0) is 20.8 Å². The standard InChI is InChI=1S/C34H38F2N4O6/c1-39(33-26(35)13-8-14-27(33)36)31(42)22-46-29-16-6-5-15-28(29)40(18-17-23-9-3-2-4-10-23)30(41)21-37-34(45)38-25-12-7-11-24(19-25)20-32(43)44/h5-8,11-16,19,23H,2-4,9-10,17-18,20-22H2,1H3,(H,43,44)(H2,37,38,45). The third-order valence-corrected chi connectivity index (χ3v) is 7.88. The maximum absolute atomic E-state index is 14.3. The van der Waals surface area contributed by atoms with Crippen LogP contribution in [-0.4, -0.2) is 55.7 Å². The van der Waals surface area contributed by atoms with Crippen molar-refractivity contribution in [3.05, 3.63) is 83.9 Å². The van der Waals surface area contributed by atoms with Gasteiger partial charge in [-0.15, -0.1) is 0 Å². The molecule has 0 aromatic heterocycles. The van der Waals surface area contributed by atoms with Gasteiger partial charge in [0.15, 0.2) is 6.61 Å². The molecule has 1 saturated carbocycles. The number of anilines is 3. The van der Waals surface area contributed by atoms with Gasteiger partial charge in [0, 0.05) is 19.3 Å². The Labute approximate surface area is 266 Å². The highest BCUT2D eigenvalue weighted by molar-refractivity contribution is 5.99. The van der Waals surface area contributed by atoms with Gasteiger partial charge in [-0.2, -0.15) is 0 Å². The first-order valence-electron chi connectivity index (χ1n) is 15.2. The molecule has 0 radical (unpaired) electrons. The number of nitrogens with one attached hydrogen (secondary N) is 2. The summed E-state index contributed by atoms with van der Waals surface area (Å²) >= 11 is 0. The first-order chi connectivity index (χ1) is 22.1. The van der Waals surface area contributed by atoms with E-state index in [0.717, 1.165) is 49.1 Å². The van der Waals surface area contributed by atoms with Crippen molar-refractivity contribution < 1.29 is 37.8 Å². The lowest BCUT2D eigenvalue weighted by molar-refractivity contribution is -0.136. The molecule has 0 atom stereocenters. The van der Waals surface area contributed by atoms with Crippen LogP contribution < -0.4 is 25.2 Å². The molecule has 1 aliphatic carbocycles. The Morgan fingerprint density at radius 1 is 0.913 bits per heavy atom. The molecule has 1 aliphatic rings. The van der Waals surface area contributed by atoms with Crippen molar-refractivity contribution in [2.24, 2.45) is 5.92 Å². The maximum Gasteiger partial charge on any atom is 0.319 e. The maximum atomic E-state index is 14.3. The van der Waals surface area contributed by atoms with Crippen molar-refractivity contribution in [3.63, 3.8) is 0 Å². The Kier molecular flexibility index (Phi) is 12.0. The molecule has 3 aromatic rings. The predicted octanol–water partition coefficient (Wildman–Crippen LogP) is 5.76. The van der Waals surface area contributed by atoms with Crippen LogP contribution in [0.25, 0.3) is 0 Å². The highest BCUT2D eigenvalue weighted by Crippen LogP contribution is 2.32. The molecule has 46 heavy (non-hydrogen) atoms. The van der Waals surface area contributed by atoms with Gasteiger partial charge in [-0.25, -0.2) is 13.6 Å². The second kappa shape index (κ2) is 16.4. The van der Waals surface area contributed by atoms with Gasteiger partial charge in [-0.1, -0.05) is 62.4 Å². The van der Waals surface area contributed by atoms with Gasteiger partial charge in [0.1, 0.15) is 23.1 Å². The lowest BCUT2D eigenvalue weighted by atomic mass is 9.87. The molecule has 0 unspecified atom stereocenters. The molecule has 4 amide bonds. The number of ether oxygens (including phenoxy) is 1. The van der Waals surface area contributed by atoms with Crippen LogP contribution in [0.5, 0.6) is 5.75 Å². The van der Waals surface area contributed by atoms with E-state index >= 15 is 0 Å². The molecule has 0 bridgehead atoms. The third-order valence-electron chi connectivity index (χ3n) is 7.88. The largest absolute Gasteiger partial charge is 0.482 e. The minimum absolute atomic E-state index is 0.199. The number of benzene rings is 3. The topological polar surface area (TPSA) is 128 Å². The highest BCUT2D eigenvalue weighted by Gasteiger charge is 2.24. The molecule has 0 saturated heterocycles. The smallest absolute Gasteiger partial charge is 0.319 e. The number of likely N-dealkylation sites (N-methyl/N-ethyl adjacent to an activating group) is 1. The molecule has 10 nitrogen and oxygen atoms in total. The number of urea groups is 1. The van der Waals surface area contributed by atoms with Crippen molar-refractivity contribution in [1.82, 2.24) is 5.32 Å². The van der Waals surface area contributed by atoms with E-state index in [9.17, 15) is 28.0 Å². The number of hydrogen-bond acceptors (Lipinski definition) is 5. The number of aliphatic carboxylic acids is 1. The SMILES string of the molecule is CN(C(=O)COc1ccccc1N(CCC1CCCCC1)C(=O)CNC(=O)Nc1cccc(CC(=O)O)c1)c1c(F)cccc1F. The molecule has 0 spiro atoms.